The average molecular weight is 381 g/mol. The van der Waals surface area contributed by atoms with Crippen LogP contribution in [0, 0.1) is 0 Å². The zero-order valence-electron chi connectivity index (χ0n) is 15.8. The first-order valence-electron chi connectivity index (χ1n) is 9.02. The minimum Gasteiger partial charge on any atom is -0.497 e. The van der Waals surface area contributed by atoms with Crippen molar-refractivity contribution in [2.45, 2.75) is 19.4 Å². The summed E-state index contributed by atoms with van der Waals surface area (Å²) in [4.78, 5) is 24.0. The molecule has 1 heterocycles. The topological polar surface area (TPSA) is 92.6 Å². The number of anilines is 1. The molecule has 0 aliphatic carbocycles. The summed E-state index contributed by atoms with van der Waals surface area (Å²) >= 11 is 0. The van der Waals surface area contributed by atoms with Gasteiger partial charge in [0.15, 0.2) is 0 Å². The van der Waals surface area contributed by atoms with Crippen molar-refractivity contribution in [1.29, 1.82) is 0 Å². The third-order valence-corrected chi connectivity index (χ3v) is 4.23. The summed E-state index contributed by atoms with van der Waals surface area (Å²) in [6.45, 7) is 2.08. The molecule has 1 atom stereocenters. The molecule has 146 valence electrons. The van der Waals surface area contributed by atoms with Crippen LogP contribution in [0.3, 0.4) is 0 Å². The lowest BCUT2D eigenvalue weighted by Crippen LogP contribution is -2.34. The number of ether oxygens (including phenoxy) is 1. The van der Waals surface area contributed by atoms with E-state index >= 15 is 0 Å². The van der Waals surface area contributed by atoms with Gasteiger partial charge in [0.1, 0.15) is 17.1 Å². The van der Waals surface area contributed by atoms with Gasteiger partial charge < -0.3 is 25.1 Å². The van der Waals surface area contributed by atoms with Crippen LogP contribution in [0.15, 0.2) is 59.0 Å². The lowest BCUT2D eigenvalue weighted by molar-refractivity contribution is -0.121. The molecule has 0 fully saturated rings. The van der Waals surface area contributed by atoms with Gasteiger partial charge in [0.05, 0.1) is 13.2 Å². The molecule has 0 aliphatic heterocycles. The molecule has 7 heteroatoms. The number of para-hydroxylation sites is 1. The van der Waals surface area contributed by atoms with E-state index in [4.69, 9.17) is 9.15 Å². The second kappa shape index (κ2) is 8.94. The van der Waals surface area contributed by atoms with Gasteiger partial charge in [0, 0.05) is 24.0 Å². The molecule has 0 radical (unpaired) electrons. The molecule has 0 aliphatic rings. The van der Waals surface area contributed by atoms with Crippen LogP contribution < -0.4 is 20.7 Å². The summed E-state index contributed by atoms with van der Waals surface area (Å²) in [5, 5.41) is 9.23. The number of carbonyl (C=O) groups is 2. The van der Waals surface area contributed by atoms with Gasteiger partial charge in [0.25, 0.3) is 0 Å². The van der Waals surface area contributed by atoms with Gasteiger partial charge in [-0.3, -0.25) is 4.79 Å². The van der Waals surface area contributed by atoms with Crippen LogP contribution in [0.2, 0.25) is 0 Å². The Balaban J connectivity index is 1.41. The Bertz CT molecular complexity index is 917. The Hall–Kier alpha value is -3.48. The maximum atomic E-state index is 12.1. The average Bonchev–Trinajstić information content (AvgIpc) is 3.13. The molecule has 0 saturated carbocycles. The van der Waals surface area contributed by atoms with Crippen LogP contribution >= 0.6 is 0 Å². The molecular weight excluding hydrogens is 358 g/mol. The number of amides is 3. The number of rotatable bonds is 7. The molecule has 3 N–H and O–H groups in total. The van der Waals surface area contributed by atoms with Gasteiger partial charge in [0.2, 0.25) is 5.91 Å². The number of benzene rings is 2. The van der Waals surface area contributed by atoms with E-state index in [2.05, 4.69) is 16.0 Å². The summed E-state index contributed by atoms with van der Waals surface area (Å²) in [5.41, 5.74) is 1.43. The van der Waals surface area contributed by atoms with E-state index in [1.165, 1.54) is 0 Å². The highest BCUT2D eigenvalue weighted by Gasteiger charge is 2.14. The third-order valence-electron chi connectivity index (χ3n) is 4.23. The second-order valence-electron chi connectivity index (χ2n) is 6.34. The third kappa shape index (κ3) is 5.03. The Morgan fingerprint density at radius 1 is 1.11 bits per heavy atom. The number of hydrogen-bond donors (Lipinski definition) is 3. The van der Waals surface area contributed by atoms with Gasteiger partial charge in [-0.05, 0) is 43.3 Å². The van der Waals surface area contributed by atoms with E-state index < -0.39 is 0 Å². The van der Waals surface area contributed by atoms with Crippen molar-refractivity contribution < 1.29 is 18.7 Å². The molecular formula is C21H23N3O4. The minimum atomic E-state index is -0.372. The van der Waals surface area contributed by atoms with Gasteiger partial charge in [-0.1, -0.05) is 18.2 Å². The van der Waals surface area contributed by atoms with Crippen molar-refractivity contribution in [3.63, 3.8) is 0 Å². The molecule has 0 unspecified atom stereocenters. The summed E-state index contributed by atoms with van der Waals surface area (Å²) < 4.78 is 10.8. The highest BCUT2D eigenvalue weighted by Crippen LogP contribution is 2.23. The predicted molar refractivity (Wildman–Crippen MR) is 107 cm³/mol. The van der Waals surface area contributed by atoms with Crippen molar-refractivity contribution in [2.24, 2.45) is 0 Å². The maximum Gasteiger partial charge on any atom is 0.319 e. The molecule has 0 saturated heterocycles. The van der Waals surface area contributed by atoms with Crippen molar-refractivity contribution in [2.75, 3.05) is 19.0 Å². The summed E-state index contributed by atoms with van der Waals surface area (Å²) in [6, 6.07) is 16.0. The first kappa shape index (κ1) is 19.3. The lowest BCUT2D eigenvalue weighted by atomic mass is 10.2. The van der Waals surface area contributed by atoms with E-state index in [0.29, 0.717) is 17.2 Å². The monoisotopic (exact) mass is 381 g/mol. The number of hydrogen-bond acceptors (Lipinski definition) is 4. The number of methoxy groups -OCH3 is 1. The standard InChI is InChI=1S/C21H23N3O4/c1-14(19-13-15-5-3-4-6-18(15)28-19)23-20(25)11-12-22-21(26)24-16-7-9-17(27-2)10-8-16/h3-10,13-14H,11-12H2,1-2H3,(H,23,25)(H2,22,24,26)/t14-/m1/s1. The number of fused-ring (bicyclic) bond motifs is 1. The van der Waals surface area contributed by atoms with Gasteiger partial charge in [-0.15, -0.1) is 0 Å². The van der Waals surface area contributed by atoms with E-state index in [9.17, 15) is 9.59 Å². The maximum absolute atomic E-state index is 12.1. The fourth-order valence-electron chi connectivity index (χ4n) is 2.74. The second-order valence-corrected chi connectivity index (χ2v) is 6.34. The van der Waals surface area contributed by atoms with Crippen molar-refractivity contribution >= 4 is 28.6 Å². The Labute approximate surface area is 163 Å². The zero-order chi connectivity index (χ0) is 19.9. The Morgan fingerprint density at radius 2 is 1.86 bits per heavy atom. The van der Waals surface area contributed by atoms with Crippen molar-refractivity contribution in [3.8, 4) is 5.75 Å². The molecule has 3 aromatic rings. The largest absolute Gasteiger partial charge is 0.497 e. The summed E-state index contributed by atoms with van der Waals surface area (Å²) in [7, 11) is 1.58. The fraction of sp³-hybridized carbons (Fsp3) is 0.238. The van der Waals surface area contributed by atoms with Crippen LogP contribution in [0.1, 0.15) is 25.1 Å². The number of carbonyl (C=O) groups excluding carboxylic acids is 2. The first-order chi connectivity index (χ1) is 13.5. The van der Waals surface area contributed by atoms with Crippen molar-refractivity contribution in [3.05, 3.63) is 60.4 Å². The van der Waals surface area contributed by atoms with E-state index in [0.717, 1.165) is 11.0 Å². The quantitative estimate of drug-likeness (QED) is 0.580. The van der Waals surface area contributed by atoms with Gasteiger partial charge >= 0.3 is 6.03 Å². The van der Waals surface area contributed by atoms with Crippen molar-refractivity contribution in [1.82, 2.24) is 10.6 Å². The van der Waals surface area contributed by atoms with E-state index in [1.54, 1.807) is 31.4 Å². The van der Waals surface area contributed by atoms with E-state index in [-0.39, 0.29) is 30.9 Å². The summed E-state index contributed by atoms with van der Waals surface area (Å²) in [6.07, 6.45) is 0.167. The molecule has 1 aromatic heterocycles. The number of nitrogens with one attached hydrogen (secondary N) is 3. The smallest absolute Gasteiger partial charge is 0.319 e. The lowest BCUT2D eigenvalue weighted by Gasteiger charge is -2.12. The van der Waals surface area contributed by atoms with Gasteiger partial charge in [-0.2, -0.15) is 0 Å². The SMILES string of the molecule is COc1ccc(NC(=O)NCCC(=O)N[C@H](C)c2cc3ccccc3o2)cc1. The molecule has 3 rings (SSSR count). The minimum absolute atomic E-state index is 0.167. The number of urea groups is 1. The van der Waals surface area contributed by atoms with Gasteiger partial charge in [-0.25, -0.2) is 4.79 Å². The Kier molecular flexibility index (Phi) is 6.16. The molecule has 28 heavy (non-hydrogen) atoms. The van der Waals surface area contributed by atoms with Crippen LogP contribution in [0.4, 0.5) is 10.5 Å². The number of furan rings is 1. The predicted octanol–water partition coefficient (Wildman–Crippen LogP) is 3.83. The fourth-order valence-corrected chi connectivity index (χ4v) is 2.74. The zero-order valence-corrected chi connectivity index (χ0v) is 15.8. The van der Waals surface area contributed by atoms with Crippen LogP contribution in [0.5, 0.6) is 5.75 Å². The molecule has 0 spiro atoms. The molecule has 7 nitrogen and oxygen atoms in total. The highest BCUT2D eigenvalue weighted by molar-refractivity contribution is 5.89. The first-order valence-corrected chi connectivity index (χ1v) is 9.02. The highest BCUT2D eigenvalue weighted by atomic mass is 16.5. The van der Waals surface area contributed by atoms with Crippen LogP contribution in [-0.2, 0) is 4.79 Å². The molecule has 2 aromatic carbocycles. The Morgan fingerprint density at radius 3 is 2.57 bits per heavy atom. The normalized spacial score (nSPS) is 11.6. The molecule has 3 amide bonds. The van der Waals surface area contributed by atoms with Crippen LogP contribution in [0.25, 0.3) is 11.0 Å². The van der Waals surface area contributed by atoms with E-state index in [1.807, 2.05) is 37.3 Å². The van der Waals surface area contributed by atoms with Crippen LogP contribution in [-0.4, -0.2) is 25.6 Å². The summed E-state index contributed by atoms with van der Waals surface area (Å²) in [5.74, 6) is 1.23. The molecule has 0 bridgehead atoms.